The van der Waals surface area contributed by atoms with E-state index in [1.807, 2.05) is 4.90 Å². The van der Waals surface area contributed by atoms with Gasteiger partial charge in [-0.05, 0) is 44.9 Å². The molecule has 2 saturated carbocycles. The van der Waals surface area contributed by atoms with Crippen LogP contribution in [0.5, 0.6) is 0 Å². The largest absolute Gasteiger partial charge is 0.481 e. The lowest BCUT2D eigenvalue weighted by molar-refractivity contribution is -0.142. The Kier molecular flexibility index (Phi) is 4.80. The number of hydrogen-bond acceptors (Lipinski definition) is 3. The average Bonchev–Trinajstić information content (AvgIpc) is 2.54. The third kappa shape index (κ3) is 3.62. The van der Waals surface area contributed by atoms with E-state index in [9.17, 15) is 14.7 Å². The lowest BCUT2D eigenvalue weighted by Gasteiger charge is -2.47. The van der Waals surface area contributed by atoms with Gasteiger partial charge in [0.2, 0.25) is 0 Å². The number of hydrogen-bond donors (Lipinski definition) is 3. The van der Waals surface area contributed by atoms with Gasteiger partial charge in [-0.15, -0.1) is 0 Å². The van der Waals surface area contributed by atoms with E-state index in [0.29, 0.717) is 32.4 Å². The summed E-state index contributed by atoms with van der Waals surface area (Å²) in [5.74, 6) is -0.767. The van der Waals surface area contributed by atoms with Crippen LogP contribution in [0.3, 0.4) is 0 Å². The fraction of sp³-hybridized carbons (Fsp3) is 0.882. The standard InChI is InChI=1S/C17H28N2O4/c20-15(21)12-4-6-14(7-5-12)18-16(22)19-10-9-17(23)8-2-1-3-13(17)11-19/h12-14,23H,1-11H2,(H,18,22)(H,20,21). The third-order valence-corrected chi connectivity index (χ3v) is 6.12. The second kappa shape index (κ2) is 6.67. The Morgan fingerprint density at radius 1 is 1.04 bits per heavy atom. The highest BCUT2D eigenvalue weighted by Crippen LogP contribution is 2.39. The molecule has 130 valence electrons. The van der Waals surface area contributed by atoms with Crippen molar-refractivity contribution in [3.63, 3.8) is 0 Å². The summed E-state index contributed by atoms with van der Waals surface area (Å²) in [6.07, 6.45) is 7.54. The quantitative estimate of drug-likeness (QED) is 0.724. The minimum atomic E-state index is -0.720. The van der Waals surface area contributed by atoms with Crippen molar-refractivity contribution in [2.24, 2.45) is 11.8 Å². The Morgan fingerprint density at radius 2 is 1.78 bits per heavy atom. The number of carbonyl (C=O) groups is 2. The van der Waals surface area contributed by atoms with Gasteiger partial charge in [-0.1, -0.05) is 12.8 Å². The molecule has 0 aromatic heterocycles. The molecule has 0 bridgehead atoms. The molecule has 3 fully saturated rings. The molecule has 3 rings (SSSR count). The zero-order chi connectivity index (χ0) is 16.4. The van der Waals surface area contributed by atoms with Crippen LogP contribution in [-0.2, 0) is 4.79 Å². The molecule has 2 atom stereocenters. The highest BCUT2D eigenvalue weighted by atomic mass is 16.4. The van der Waals surface area contributed by atoms with Gasteiger partial charge >= 0.3 is 12.0 Å². The first kappa shape index (κ1) is 16.6. The minimum Gasteiger partial charge on any atom is -0.481 e. The SMILES string of the molecule is O=C(O)C1CCC(NC(=O)N2CCC3(O)CCCCC3C2)CC1. The first-order valence-corrected chi connectivity index (χ1v) is 8.98. The van der Waals surface area contributed by atoms with Gasteiger partial charge in [-0.2, -0.15) is 0 Å². The maximum absolute atomic E-state index is 12.5. The Labute approximate surface area is 137 Å². The molecule has 0 radical (unpaired) electrons. The normalized spacial score (nSPS) is 37.8. The van der Waals surface area contributed by atoms with Gasteiger partial charge in [0.25, 0.3) is 0 Å². The number of nitrogens with one attached hydrogen (secondary N) is 1. The van der Waals surface area contributed by atoms with Gasteiger partial charge in [0.1, 0.15) is 0 Å². The number of piperidine rings is 1. The predicted octanol–water partition coefficient (Wildman–Crippen LogP) is 1.97. The van der Waals surface area contributed by atoms with Crippen molar-refractivity contribution >= 4 is 12.0 Å². The Morgan fingerprint density at radius 3 is 2.48 bits per heavy atom. The second-order valence-electron chi connectivity index (χ2n) is 7.58. The number of aliphatic carboxylic acids is 1. The summed E-state index contributed by atoms with van der Waals surface area (Å²) in [5.41, 5.74) is -0.561. The molecule has 0 aromatic rings. The van der Waals surface area contributed by atoms with Crippen molar-refractivity contribution in [1.82, 2.24) is 10.2 Å². The second-order valence-corrected chi connectivity index (χ2v) is 7.58. The van der Waals surface area contributed by atoms with Gasteiger partial charge in [-0.3, -0.25) is 4.79 Å². The molecular formula is C17H28N2O4. The smallest absolute Gasteiger partial charge is 0.317 e. The number of urea groups is 1. The van der Waals surface area contributed by atoms with E-state index in [0.717, 1.165) is 38.5 Å². The van der Waals surface area contributed by atoms with Crippen LogP contribution in [-0.4, -0.2) is 51.8 Å². The Balaban J connectivity index is 1.49. The number of likely N-dealkylation sites (tertiary alicyclic amines) is 1. The number of carboxylic acid groups (broad SMARTS) is 1. The summed E-state index contributed by atoms with van der Waals surface area (Å²) in [6.45, 7) is 1.26. The first-order valence-electron chi connectivity index (χ1n) is 8.98. The van der Waals surface area contributed by atoms with Crippen molar-refractivity contribution in [2.75, 3.05) is 13.1 Å². The molecule has 2 amide bonds. The van der Waals surface area contributed by atoms with Crippen molar-refractivity contribution < 1.29 is 19.8 Å². The highest BCUT2D eigenvalue weighted by molar-refractivity contribution is 5.75. The molecule has 23 heavy (non-hydrogen) atoms. The van der Waals surface area contributed by atoms with Gasteiger partial charge in [0.15, 0.2) is 0 Å². The van der Waals surface area contributed by atoms with E-state index in [-0.39, 0.29) is 23.9 Å². The van der Waals surface area contributed by atoms with Gasteiger partial charge in [0.05, 0.1) is 11.5 Å². The average molecular weight is 324 g/mol. The Bertz CT molecular complexity index is 462. The molecule has 0 aromatic carbocycles. The van der Waals surface area contributed by atoms with Crippen molar-refractivity contribution in [3.05, 3.63) is 0 Å². The topological polar surface area (TPSA) is 89.9 Å². The zero-order valence-electron chi connectivity index (χ0n) is 13.7. The van der Waals surface area contributed by atoms with Crippen LogP contribution in [0.1, 0.15) is 57.8 Å². The molecule has 1 heterocycles. The van der Waals surface area contributed by atoms with E-state index in [4.69, 9.17) is 5.11 Å². The summed E-state index contributed by atoms with van der Waals surface area (Å²) < 4.78 is 0. The fourth-order valence-electron chi connectivity index (χ4n) is 4.51. The monoisotopic (exact) mass is 324 g/mol. The number of amides is 2. The van der Waals surface area contributed by atoms with Crippen LogP contribution in [0.25, 0.3) is 0 Å². The summed E-state index contributed by atoms with van der Waals surface area (Å²) in [5, 5.41) is 22.8. The van der Waals surface area contributed by atoms with E-state index < -0.39 is 11.6 Å². The molecule has 6 heteroatoms. The van der Waals surface area contributed by atoms with Crippen LogP contribution >= 0.6 is 0 Å². The van der Waals surface area contributed by atoms with Crippen molar-refractivity contribution in [2.45, 2.75) is 69.4 Å². The molecule has 2 aliphatic carbocycles. The van der Waals surface area contributed by atoms with E-state index in [2.05, 4.69) is 5.32 Å². The molecule has 1 saturated heterocycles. The number of aliphatic hydroxyl groups is 1. The predicted molar refractivity (Wildman–Crippen MR) is 85.0 cm³/mol. The van der Waals surface area contributed by atoms with Crippen LogP contribution in [0.4, 0.5) is 4.79 Å². The van der Waals surface area contributed by atoms with Crippen LogP contribution in [0, 0.1) is 11.8 Å². The zero-order valence-corrected chi connectivity index (χ0v) is 13.7. The molecular weight excluding hydrogens is 296 g/mol. The van der Waals surface area contributed by atoms with E-state index in [1.54, 1.807) is 0 Å². The number of carbonyl (C=O) groups excluding carboxylic acids is 1. The Hall–Kier alpha value is -1.30. The third-order valence-electron chi connectivity index (χ3n) is 6.12. The number of nitrogens with zero attached hydrogens (tertiary/aromatic N) is 1. The first-order chi connectivity index (χ1) is 11.0. The lowest BCUT2D eigenvalue weighted by Crippen LogP contribution is -2.57. The summed E-state index contributed by atoms with van der Waals surface area (Å²) in [6, 6.07) is 0.0432. The highest BCUT2D eigenvalue weighted by Gasteiger charge is 2.44. The maximum Gasteiger partial charge on any atom is 0.317 e. The van der Waals surface area contributed by atoms with Crippen LogP contribution in [0.2, 0.25) is 0 Å². The number of rotatable bonds is 2. The molecule has 6 nitrogen and oxygen atoms in total. The molecule has 2 unspecified atom stereocenters. The minimum absolute atomic E-state index is 0.0450. The lowest BCUT2D eigenvalue weighted by atomic mass is 9.71. The van der Waals surface area contributed by atoms with E-state index in [1.165, 1.54) is 0 Å². The molecule has 0 spiro atoms. The maximum atomic E-state index is 12.5. The van der Waals surface area contributed by atoms with Crippen LogP contribution < -0.4 is 5.32 Å². The fourth-order valence-corrected chi connectivity index (χ4v) is 4.51. The van der Waals surface area contributed by atoms with Gasteiger partial charge < -0.3 is 20.4 Å². The summed E-state index contributed by atoms with van der Waals surface area (Å²) in [7, 11) is 0. The van der Waals surface area contributed by atoms with Crippen LogP contribution in [0.15, 0.2) is 0 Å². The molecule has 1 aliphatic heterocycles. The molecule has 3 N–H and O–H groups in total. The van der Waals surface area contributed by atoms with Gasteiger partial charge in [0, 0.05) is 25.0 Å². The molecule has 3 aliphatic rings. The van der Waals surface area contributed by atoms with E-state index >= 15 is 0 Å². The van der Waals surface area contributed by atoms with Gasteiger partial charge in [-0.25, -0.2) is 4.79 Å². The van der Waals surface area contributed by atoms with Crippen molar-refractivity contribution in [1.29, 1.82) is 0 Å². The summed E-state index contributed by atoms with van der Waals surface area (Å²) in [4.78, 5) is 25.3. The summed E-state index contributed by atoms with van der Waals surface area (Å²) >= 11 is 0. The van der Waals surface area contributed by atoms with Crippen molar-refractivity contribution in [3.8, 4) is 0 Å². The number of carboxylic acids is 1. The number of fused-ring (bicyclic) bond motifs is 1.